The van der Waals surface area contributed by atoms with Crippen molar-refractivity contribution >= 4 is 0 Å². The highest BCUT2D eigenvalue weighted by Gasteiger charge is 2.45. The molecule has 0 aromatic rings. The molecule has 0 spiro atoms. The molecule has 0 bridgehead atoms. The molecule has 0 fully saturated rings. The van der Waals surface area contributed by atoms with Gasteiger partial charge in [0.05, 0.1) is 0 Å². The number of hydrogen-bond donors (Lipinski definition) is 0. The van der Waals surface area contributed by atoms with E-state index < -0.39 is 0 Å². The van der Waals surface area contributed by atoms with Gasteiger partial charge in [-0.1, -0.05) is 68.2 Å². The molecule has 14 heavy (non-hydrogen) atoms. The van der Waals surface area contributed by atoms with Crippen molar-refractivity contribution in [1.29, 1.82) is 0 Å². The largest absolute Gasteiger partial charge is 0.0651 e. The Morgan fingerprint density at radius 3 is 1.57 bits per heavy atom. The summed E-state index contributed by atoms with van der Waals surface area (Å²) in [5, 5.41) is 0. The van der Waals surface area contributed by atoms with E-state index in [9.17, 15) is 0 Å². The summed E-state index contributed by atoms with van der Waals surface area (Å²) in [5.41, 5.74) is 0.896. The lowest BCUT2D eigenvalue weighted by Crippen LogP contribution is -2.44. The highest BCUT2D eigenvalue weighted by Crippen LogP contribution is 2.52. The van der Waals surface area contributed by atoms with Crippen molar-refractivity contribution in [2.75, 3.05) is 0 Å². The van der Waals surface area contributed by atoms with Crippen molar-refractivity contribution in [2.45, 2.75) is 68.2 Å². The summed E-state index contributed by atoms with van der Waals surface area (Å²) in [6.07, 6.45) is 2.56. The van der Waals surface area contributed by atoms with Crippen LogP contribution in [-0.4, -0.2) is 0 Å². The summed E-state index contributed by atoms with van der Waals surface area (Å²) in [4.78, 5) is 0. The maximum absolute atomic E-state index is 2.48. The normalized spacial score (nSPS) is 19.5. The second kappa shape index (κ2) is 4.68. The van der Waals surface area contributed by atoms with Crippen molar-refractivity contribution in [2.24, 2.45) is 22.7 Å². The third kappa shape index (κ3) is 2.15. The van der Waals surface area contributed by atoms with Crippen molar-refractivity contribution in [1.82, 2.24) is 0 Å². The van der Waals surface area contributed by atoms with Crippen LogP contribution in [0.4, 0.5) is 0 Å². The summed E-state index contributed by atoms with van der Waals surface area (Å²) < 4.78 is 0. The summed E-state index contributed by atoms with van der Waals surface area (Å²) in [6.45, 7) is 19.2. The van der Waals surface area contributed by atoms with Crippen LogP contribution in [0, 0.1) is 22.7 Å². The number of rotatable bonds is 5. The Bertz CT molecular complexity index is 167. The first-order chi connectivity index (χ1) is 6.24. The maximum atomic E-state index is 2.48. The molecule has 0 aromatic carbocycles. The van der Waals surface area contributed by atoms with Gasteiger partial charge in [-0.3, -0.25) is 0 Å². The predicted octanol–water partition coefficient (Wildman–Crippen LogP) is 5.13. The van der Waals surface area contributed by atoms with Crippen LogP contribution in [0.2, 0.25) is 0 Å². The second-order valence-corrected chi connectivity index (χ2v) is 5.98. The van der Waals surface area contributed by atoms with Crippen LogP contribution in [0.1, 0.15) is 68.2 Å². The molecule has 0 nitrogen and oxygen atoms in total. The fourth-order valence-corrected chi connectivity index (χ4v) is 2.82. The average molecular weight is 198 g/mol. The minimum absolute atomic E-state index is 0.441. The third-order valence-corrected chi connectivity index (χ3v) is 5.18. The molecule has 2 atom stereocenters. The summed E-state index contributed by atoms with van der Waals surface area (Å²) in [5.74, 6) is 1.56. The van der Waals surface area contributed by atoms with Gasteiger partial charge < -0.3 is 0 Å². The van der Waals surface area contributed by atoms with Crippen molar-refractivity contribution in [3.63, 3.8) is 0 Å². The summed E-state index contributed by atoms with van der Waals surface area (Å²) in [7, 11) is 0. The zero-order valence-corrected chi connectivity index (χ0v) is 11.6. The molecule has 0 aliphatic heterocycles. The molecule has 2 unspecified atom stereocenters. The second-order valence-electron chi connectivity index (χ2n) is 5.98. The van der Waals surface area contributed by atoms with Crippen LogP contribution < -0.4 is 0 Å². The van der Waals surface area contributed by atoms with E-state index in [0.29, 0.717) is 10.8 Å². The minimum Gasteiger partial charge on any atom is -0.0651 e. The minimum atomic E-state index is 0.441. The van der Waals surface area contributed by atoms with Crippen molar-refractivity contribution < 1.29 is 0 Å². The Morgan fingerprint density at radius 2 is 1.36 bits per heavy atom. The molecule has 0 radical (unpaired) electrons. The van der Waals surface area contributed by atoms with Crippen molar-refractivity contribution in [3.8, 4) is 0 Å². The third-order valence-electron chi connectivity index (χ3n) is 5.18. The predicted molar refractivity (Wildman–Crippen MR) is 66.5 cm³/mol. The Labute approximate surface area is 91.5 Å². The van der Waals surface area contributed by atoms with Crippen LogP contribution in [0.25, 0.3) is 0 Å². The van der Waals surface area contributed by atoms with E-state index in [-0.39, 0.29) is 0 Å². The van der Waals surface area contributed by atoms with Gasteiger partial charge in [-0.05, 0) is 22.7 Å². The van der Waals surface area contributed by atoms with Gasteiger partial charge in [0.25, 0.3) is 0 Å². The molecule has 0 heteroatoms. The first kappa shape index (κ1) is 14.0. The zero-order valence-electron chi connectivity index (χ0n) is 11.6. The molecular weight excluding hydrogens is 168 g/mol. The fourth-order valence-electron chi connectivity index (χ4n) is 2.82. The first-order valence-corrected chi connectivity index (χ1v) is 6.24. The van der Waals surface area contributed by atoms with Gasteiger partial charge in [-0.2, -0.15) is 0 Å². The monoisotopic (exact) mass is 198 g/mol. The van der Waals surface area contributed by atoms with Gasteiger partial charge in [0.1, 0.15) is 0 Å². The van der Waals surface area contributed by atoms with Gasteiger partial charge in [-0.15, -0.1) is 0 Å². The quantitative estimate of drug-likeness (QED) is 0.574. The van der Waals surface area contributed by atoms with Gasteiger partial charge >= 0.3 is 0 Å². The lowest BCUT2D eigenvalue weighted by Gasteiger charge is -2.51. The molecular formula is C14H30. The lowest BCUT2D eigenvalue weighted by atomic mass is 9.54. The van der Waals surface area contributed by atoms with Crippen molar-refractivity contribution in [3.05, 3.63) is 0 Å². The van der Waals surface area contributed by atoms with Gasteiger partial charge in [-0.25, -0.2) is 0 Å². The Morgan fingerprint density at radius 1 is 0.929 bits per heavy atom. The van der Waals surface area contributed by atoms with E-state index in [0.717, 1.165) is 11.8 Å². The van der Waals surface area contributed by atoms with Crippen LogP contribution in [0.3, 0.4) is 0 Å². The molecule has 0 saturated carbocycles. The highest BCUT2D eigenvalue weighted by molar-refractivity contribution is 4.93. The van der Waals surface area contributed by atoms with E-state index in [1.54, 1.807) is 0 Å². The van der Waals surface area contributed by atoms with Gasteiger partial charge in [0.15, 0.2) is 0 Å². The lowest BCUT2D eigenvalue weighted by molar-refractivity contribution is -0.0234. The molecule has 0 heterocycles. The smallest absolute Gasteiger partial charge is 0.0226 e. The highest BCUT2D eigenvalue weighted by atomic mass is 14.5. The van der Waals surface area contributed by atoms with E-state index >= 15 is 0 Å². The molecule has 0 amide bonds. The van der Waals surface area contributed by atoms with E-state index in [1.165, 1.54) is 12.8 Å². The Kier molecular flexibility index (Phi) is 4.68. The summed E-state index contributed by atoms with van der Waals surface area (Å²) in [6, 6.07) is 0. The van der Waals surface area contributed by atoms with E-state index in [4.69, 9.17) is 0 Å². The van der Waals surface area contributed by atoms with Crippen LogP contribution in [0.15, 0.2) is 0 Å². The first-order valence-electron chi connectivity index (χ1n) is 6.24. The fraction of sp³-hybridized carbons (Fsp3) is 1.00. The average Bonchev–Trinajstić information content (AvgIpc) is 2.14. The zero-order chi connectivity index (χ0) is 11.6. The molecule has 0 N–H and O–H groups in total. The molecule has 0 saturated heterocycles. The van der Waals surface area contributed by atoms with Crippen LogP contribution in [-0.2, 0) is 0 Å². The summed E-state index contributed by atoms with van der Waals surface area (Å²) >= 11 is 0. The Balaban J connectivity index is 5.09. The van der Waals surface area contributed by atoms with Gasteiger partial charge in [0, 0.05) is 0 Å². The number of hydrogen-bond acceptors (Lipinski definition) is 0. The Hall–Kier alpha value is 0. The van der Waals surface area contributed by atoms with E-state index in [2.05, 4.69) is 55.4 Å². The molecule has 0 aliphatic rings. The molecule has 0 rings (SSSR count). The van der Waals surface area contributed by atoms with Crippen LogP contribution in [0.5, 0.6) is 0 Å². The van der Waals surface area contributed by atoms with Crippen LogP contribution >= 0.6 is 0 Å². The standard InChI is InChI=1S/C14H30/c1-9-12(5)14(8,11(3)4)13(6,7)10-2/h11-12H,9-10H2,1-8H3. The molecule has 86 valence electrons. The topological polar surface area (TPSA) is 0 Å². The maximum Gasteiger partial charge on any atom is -0.0226 e. The van der Waals surface area contributed by atoms with E-state index in [1.807, 2.05) is 0 Å². The van der Waals surface area contributed by atoms with Gasteiger partial charge in [0.2, 0.25) is 0 Å². The molecule has 0 aliphatic carbocycles. The SMILES string of the molecule is CCC(C)C(C)(C(C)C)C(C)(C)CC. The molecule has 0 aromatic heterocycles.